The number of benzene rings is 2. The van der Waals surface area contributed by atoms with E-state index in [1.54, 1.807) is 31.4 Å². The van der Waals surface area contributed by atoms with Gasteiger partial charge in [0, 0.05) is 63.4 Å². The molecule has 2 N–H and O–H groups in total. The lowest BCUT2D eigenvalue weighted by molar-refractivity contribution is -0.137. The van der Waals surface area contributed by atoms with Crippen molar-refractivity contribution in [2.75, 3.05) is 50.9 Å². The van der Waals surface area contributed by atoms with Gasteiger partial charge in [0.15, 0.2) is 0 Å². The summed E-state index contributed by atoms with van der Waals surface area (Å²) >= 11 is 0. The molecule has 1 fully saturated rings. The molecule has 1 aliphatic heterocycles. The minimum atomic E-state index is -4.62. The fraction of sp³-hybridized carbons (Fsp3) is 0.258. The second-order valence-corrected chi connectivity index (χ2v) is 10.2. The number of pyridine rings is 2. The molecule has 5 rings (SSSR count). The third-order valence-electron chi connectivity index (χ3n) is 7.17. The molecular weight excluding hydrogens is 564 g/mol. The zero-order chi connectivity index (χ0) is 30.6. The second-order valence-electron chi connectivity index (χ2n) is 10.2. The van der Waals surface area contributed by atoms with E-state index >= 15 is 0 Å². The van der Waals surface area contributed by atoms with Crippen LogP contribution in [0.3, 0.4) is 0 Å². The molecule has 0 radical (unpaired) electrons. The van der Waals surface area contributed by atoms with Crippen molar-refractivity contribution in [3.05, 3.63) is 95.6 Å². The minimum absolute atomic E-state index is 0.0329. The number of rotatable bonds is 8. The Hall–Kier alpha value is -4.55. The molecule has 1 aliphatic rings. The van der Waals surface area contributed by atoms with Gasteiger partial charge in [-0.25, -0.2) is 14.4 Å². The van der Waals surface area contributed by atoms with Crippen LogP contribution in [0.5, 0.6) is 11.6 Å². The van der Waals surface area contributed by atoms with Crippen LogP contribution in [0.25, 0.3) is 11.1 Å². The Morgan fingerprint density at radius 1 is 0.977 bits per heavy atom. The summed E-state index contributed by atoms with van der Waals surface area (Å²) in [6, 6.07) is 14.0. The molecule has 1 saturated heterocycles. The van der Waals surface area contributed by atoms with Crippen molar-refractivity contribution >= 4 is 17.4 Å². The highest BCUT2D eigenvalue weighted by Crippen LogP contribution is 2.35. The van der Waals surface area contributed by atoms with E-state index in [-0.39, 0.29) is 22.9 Å². The van der Waals surface area contributed by atoms with Crippen molar-refractivity contribution in [2.24, 2.45) is 0 Å². The summed E-state index contributed by atoms with van der Waals surface area (Å²) in [5, 5.41) is 5.49. The molecule has 224 valence electrons. The van der Waals surface area contributed by atoms with Crippen molar-refractivity contribution in [3.8, 4) is 22.8 Å². The third kappa shape index (κ3) is 7.27. The van der Waals surface area contributed by atoms with Crippen molar-refractivity contribution in [2.45, 2.75) is 12.7 Å². The Labute approximate surface area is 246 Å². The fourth-order valence-electron chi connectivity index (χ4n) is 4.72. The Morgan fingerprint density at radius 2 is 1.77 bits per heavy atom. The molecule has 4 aromatic rings. The minimum Gasteiger partial charge on any atom is -0.438 e. The van der Waals surface area contributed by atoms with Crippen molar-refractivity contribution < 1.29 is 27.1 Å². The average Bonchev–Trinajstić information content (AvgIpc) is 2.99. The van der Waals surface area contributed by atoms with Gasteiger partial charge < -0.3 is 20.3 Å². The van der Waals surface area contributed by atoms with Crippen LogP contribution >= 0.6 is 0 Å². The van der Waals surface area contributed by atoms with Crippen LogP contribution in [0.4, 0.5) is 29.1 Å². The first-order valence-electron chi connectivity index (χ1n) is 13.6. The highest BCUT2D eigenvalue weighted by molar-refractivity contribution is 6.05. The van der Waals surface area contributed by atoms with E-state index in [2.05, 4.69) is 30.4 Å². The van der Waals surface area contributed by atoms with Gasteiger partial charge in [-0.1, -0.05) is 6.07 Å². The molecule has 0 bridgehead atoms. The molecular formula is C31H30F4N6O2. The molecule has 0 spiro atoms. The quantitative estimate of drug-likeness (QED) is 0.237. The van der Waals surface area contributed by atoms with Gasteiger partial charge in [-0.15, -0.1) is 0 Å². The summed E-state index contributed by atoms with van der Waals surface area (Å²) in [5.41, 5.74) is 0.556. The van der Waals surface area contributed by atoms with Crippen molar-refractivity contribution in [1.29, 1.82) is 0 Å². The van der Waals surface area contributed by atoms with Gasteiger partial charge in [-0.3, -0.25) is 9.69 Å². The van der Waals surface area contributed by atoms with Crippen LogP contribution in [0.1, 0.15) is 21.5 Å². The third-order valence-corrected chi connectivity index (χ3v) is 7.17. The first-order chi connectivity index (χ1) is 20.6. The second kappa shape index (κ2) is 12.8. The Kier molecular flexibility index (Phi) is 8.88. The van der Waals surface area contributed by atoms with E-state index in [4.69, 9.17) is 4.74 Å². The van der Waals surface area contributed by atoms with Crippen LogP contribution in [-0.2, 0) is 12.7 Å². The molecule has 0 unspecified atom stereocenters. The predicted octanol–water partition coefficient (Wildman–Crippen LogP) is 6.14. The van der Waals surface area contributed by atoms with Crippen LogP contribution in [-0.4, -0.2) is 65.9 Å². The standard InChI is InChI=1S/C31H30F4N6O2/c1-36-28-16-20(9-11-37-28)24-4-3-10-38-30(24)43-23-7-8-26(32)25(18-23)29(42)39-27-17-22(31(33,34)35)6-5-21(27)19-41-14-12-40(2)13-15-41/h3-11,16-18H,12-15,19H2,1-2H3,(H,36,37)(H,39,42). The number of carbonyl (C=O) groups is 1. The normalized spacial score (nSPS) is 14.4. The van der Waals surface area contributed by atoms with Crippen molar-refractivity contribution in [1.82, 2.24) is 19.8 Å². The fourth-order valence-corrected chi connectivity index (χ4v) is 4.72. The average molecular weight is 595 g/mol. The van der Waals surface area contributed by atoms with E-state index < -0.39 is 23.5 Å². The maximum absolute atomic E-state index is 14.9. The van der Waals surface area contributed by atoms with Crippen molar-refractivity contribution in [3.63, 3.8) is 0 Å². The van der Waals surface area contributed by atoms with E-state index in [1.165, 1.54) is 24.4 Å². The van der Waals surface area contributed by atoms with Gasteiger partial charge in [0.2, 0.25) is 5.88 Å². The molecule has 43 heavy (non-hydrogen) atoms. The van der Waals surface area contributed by atoms with E-state index in [0.717, 1.165) is 49.9 Å². The molecule has 2 aromatic heterocycles. The van der Waals surface area contributed by atoms with E-state index in [0.29, 0.717) is 23.5 Å². The number of hydrogen-bond donors (Lipinski definition) is 2. The van der Waals surface area contributed by atoms with Crippen LogP contribution in [0, 0.1) is 5.82 Å². The molecule has 8 nitrogen and oxygen atoms in total. The lowest BCUT2D eigenvalue weighted by atomic mass is 10.1. The monoisotopic (exact) mass is 594 g/mol. The largest absolute Gasteiger partial charge is 0.438 e. The number of likely N-dealkylation sites (N-methyl/N-ethyl adjacent to an activating group) is 1. The summed E-state index contributed by atoms with van der Waals surface area (Å²) in [6.07, 6.45) is -1.45. The number of hydrogen-bond acceptors (Lipinski definition) is 7. The van der Waals surface area contributed by atoms with Crippen LogP contribution in [0.15, 0.2) is 73.1 Å². The molecule has 1 amide bonds. The van der Waals surface area contributed by atoms with E-state index in [1.807, 2.05) is 13.1 Å². The number of nitrogens with zero attached hydrogens (tertiary/aromatic N) is 4. The highest BCUT2D eigenvalue weighted by Gasteiger charge is 2.31. The van der Waals surface area contributed by atoms with Gasteiger partial charge >= 0.3 is 6.18 Å². The maximum atomic E-state index is 14.9. The summed E-state index contributed by atoms with van der Waals surface area (Å²) in [7, 11) is 3.74. The highest BCUT2D eigenvalue weighted by atomic mass is 19.4. The van der Waals surface area contributed by atoms with Gasteiger partial charge in [0.25, 0.3) is 5.91 Å². The number of halogens is 4. The van der Waals surface area contributed by atoms with Gasteiger partial charge in [-0.2, -0.15) is 13.2 Å². The Balaban J connectivity index is 1.41. The lowest BCUT2D eigenvalue weighted by Gasteiger charge is -2.32. The summed E-state index contributed by atoms with van der Waals surface area (Å²) in [5.74, 6) is -0.797. The van der Waals surface area contributed by atoms with Gasteiger partial charge in [-0.05, 0) is 72.8 Å². The first-order valence-corrected chi connectivity index (χ1v) is 13.6. The SMILES string of the molecule is CNc1cc(-c2cccnc2Oc2ccc(F)c(C(=O)Nc3cc(C(F)(F)F)ccc3CN3CCN(C)CC3)c2)ccn1. The lowest BCUT2D eigenvalue weighted by Crippen LogP contribution is -2.44. The zero-order valence-electron chi connectivity index (χ0n) is 23.6. The molecule has 0 aliphatic carbocycles. The number of amides is 1. The number of piperazine rings is 1. The van der Waals surface area contributed by atoms with Gasteiger partial charge in [0.1, 0.15) is 17.4 Å². The number of aromatic nitrogens is 2. The number of alkyl halides is 3. The summed E-state index contributed by atoms with van der Waals surface area (Å²) < 4.78 is 61.6. The molecule has 2 aromatic carbocycles. The maximum Gasteiger partial charge on any atom is 0.416 e. The van der Waals surface area contributed by atoms with Crippen LogP contribution < -0.4 is 15.4 Å². The molecule has 0 saturated carbocycles. The predicted molar refractivity (Wildman–Crippen MR) is 156 cm³/mol. The number of nitrogens with one attached hydrogen (secondary N) is 2. The smallest absolute Gasteiger partial charge is 0.416 e. The van der Waals surface area contributed by atoms with Crippen LogP contribution in [0.2, 0.25) is 0 Å². The first kappa shape index (κ1) is 29.9. The molecule has 0 atom stereocenters. The van der Waals surface area contributed by atoms with E-state index in [9.17, 15) is 22.4 Å². The molecule has 12 heteroatoms. The number of carbonyl (C=O) groups excluding carboxylic acids is 1. The Morgan fingerprint density at radius 3 is 2.51 bits per heavy atom. The van der Waals surface area contributed by atoms with Gasteiger partial charge in [0.05, 0.1) is 11.1 Å². The summed E-state index contributed by atoms with van der Waals surface area (Å²) in [4.78, 5) is 26.1. The molecule has 3 heterocycles. The Bertz CT molecular complexity index is 1610. The summed E-state index contributed by atoms with van der Waals surface area (Å²) in [6.45, 7) is 3.42. The topological polar surface area (TPSA) is 82.6 Å². The zero-order valence-corrected chi connectivity index (χ0v) is 23.6. The number of ether oxygens (including phenoxy) is 1. The number of anilines is 2.